The fraction of sp³-hybridized carbons (Fsp3) is 0.250. The average Bonchev–Trinajstić information content (AvgIpc) is 2.41. The zero-order valence-electron chi connectivity index (χ0n) is 12.4. The molecule has 5 nitrogen and oxygen atoms in total. The van der Waals surface area contributed by atoms with Crippen LogP contribution in [0.5, 0.6) is 0 Å². The molecule has 0 aliphatic heterocycles. The lowest BCUT2D eigenvalue weighted by molar-refractivity contribution is 0.0785. The summed E-state index contributed by atoms with van der Waals surface area (Å²) in [4.78, 5) is 11.4. The Morgan fingerprint density at radius 2 is 2.09 bits per heavy atom. The van der Waals surface area contributed by atoms with Gasteiger partial charge in [0.1, 0.15) is 5.49 Å². The third-order valence-electron chi connectivity index (χ3n) is 3.36. The Hall–Kier alpha value is -2.11. The number of rotatable bonds is 4. The maximum Gasteiger partial charge on any atom is 0.252 e. The molecule has 1 aromatic carbocycles. The summed E-state index contributed by atoms with van der Waals surface area (Å²) in [6.45, 7) is 3.77. The van der Waals surface area contributed by atoms with Crippen molar-refractivity contribution in [3.05, 3.63) is 63.7 Å². The third kappa shape index (κ3) is 3.55. The van der Waals surface area contributed by atoms with Gasteiger partial charge in [0.25, 0.3) is 5.91 Å². The highest BCUT2D eigenvalue weighted by atomic mass is 35.5. The van der Waals surface area contributed by atoms with Crippen LogP contribution in [0.25, 0.3) is 0 Å². The molecule has 0 spiro atoms. The second kappa shape index (κ2) is 5.94. The molecule has 2 rings (SSSR count). The summed E-state index contributed by atoms with van der Waals surface area (Å²) in [5.41, 5.74) is 6.05. The highest BCUT2D eigenvalue weighted by Gasteiger charge is 2.16. The fourth-order valence-electron chi connectivity index (χ4n) is 2.17. The molecular weight excluding hydrogens is 302 g/mol. The van der Waals surface area contributed by atoms with Gasteiger partial charge >= 0.3 is 0 Å². The minimum Gasteiger partial charge on any atom is -0.386 e. The topological polar surface area (TPSA) is 92.1 Å². The first-order valence-corrected chi connectivity index (χ1v) is 7.12. The van der Waals surface area contributed by atoms with Crippen LogP contribution in [0.1, 0.15) is 35.3 Å². The van der Waals surface area contributed by atoms with Gasteiger partial charge in [0, 0.05) is 12.7 Å². The number of primary amides is 1. The average molecular weight is 320 g/mol. The van der Waals surface area contributed by atoms with Gasteiger partial charge in [0.05, 0.1) is 16.2 Å². The number of hydrogen-bond acceptors (Lipinski definition) is 3. The fourth-order valence-corrected chi connectivity index (χ4v) is 2.40. The first kappa shape index (κ1) is 16.3. The molecule has 6 heteroatoms. The van der Waals surface area contributed by atoms with Gasteiger partial charge < -0.3 is 15.4 Å². The number of benzene rings is 1. The van der Waals surface area contributed by atoms with Crippen LogP contribution in [0.3, 0.4) is 0 Å². The zero-order chi connectivity index (χ0) is 16.5. The van der Waals surface area contributed by atoms with E-state index in [1.165, 1.54) is 6.07 Å². The first-order valence-electron chi connectivity index (χ1n) is 6.74. The smallest absolute Gasteiger partial charge is 0.252 e. The van der Waals surface area contributed by atoms with E-state index < -0.39 is 11.5 Å². The Morgan fingerprint density at radius 1 is 1.41 bits per heavy atom. The zero-order valence-corrected chi connectivity index (χ0v) is 13.2. The molecule has 1 heterocycles. The summed E-state index contributed by atoms with van der Waals surface area (Å²) in [5, 5.41) is 18.5. The van der Waals surface area contributed by atoms with E-state index in [4.69, 9.17) is 22.7 Å². The van der Waals surface area contributed by atoms with Gasteiger partial charge in [-0.1, -0.05) is 35.9 Å². The van der Waals surface area contributed by atoms with Crippen LogP contribution < -0.4 is 11.2 Å². The SMILES string of the molecule is CC(C)(O)c1cccc(Cn2cc(Cl)cc(C(N)=O)c2=N)c1. The van der Waals surface area contributed by atoms with E-state index in [1.807, 2.05) is 24.3 Å². The minimum atomic E-state index is -0.947. The van der Waals surface area contributed by atoms with E-state index in [2.05, 4.69) is 0 Å². The summed E-state index contributed by atoms with van der Waals surface area (Å²) >= 11 is 5.98. The van der Waals surface area contributed by atoms with Crippen molar-refractivity contribution >= 4 is 17.5 Å². The number of aliphatic hydroxyl groups is 1. The number of pyridine rings is 1. The van der Waals surface area contributed by atoms with Crippen molar-refractivity contribution in [3.8, 4) is 0 Å². The van der Waals surface area contributed by atoms with E-state index in [1.54, 1.807) is 24.6 Å². The molecule has 0 fully saturated rings. The number of carbonyl (C=O) groups is 1. The number of nitrogens with one attached hydrogen (secondary N) is 1. The molecule has 1 aromatic heterocycles. The lowest BCUT2D eigenvalue weighted by atomic mass is 9.96. The Bertz CT molecular complexity index is 776. The lowest BCUT2D eigenvalue weighted by Crippen LogP contribution is -2.29. The van der Waals surface area contributed by atoms with E-state index in [0.717, 1.165) is 11.1 Å². The highest BCUT2D eigenvalue weighted by Crippen LogP contribution is 2.20. The molecule has 0 unspecified atom stereocenters. The van der Waals surface area contributed by atoms with Crippen LogP contribution in [0.4, 0.5) is 0 Å². The standard InChI is InChI=1S/C16H18ClN3O2/c1-16(2,22)11-5-3-4-10(6-11)8-20-9-12(17)7-13(14(20)18)15(19)21/h3-7,9,18,22H,8H2,1-2H3,(H2,19,21). The number of nitrogens with zero attached hydrogens (tertiary/aromatic N) is 1. The van der Waals surface area contributed by atoms with Crippen molar-refractivity contribution < 1.29 is 9.90 Å². The Balaban J connectivity index is 2.44. The van der Waals surface area contributed by atoms with E-state index in [9.17, 15) is 9.90 Å². The molecule has 0 aliphatic carbocycles. The molecule has 0 bridgehead atoms. The van der Waals surface area contributed by atoms with Crippen molar-refractivity contribution in [2.45, 2.75) is 26.0 Å². The quantitative estimate of drug-likeness (QED) is 0.804. The van der Waals surface area contributed by atoms with Crippen molar-refractivity contribution in [2.24, 2.45) is 5.73 Å². The monoisotopic (exact) mass is 319 g/mol. The first-order chi connectivity index (χ1) is 10.2. The van der Waals surface area contributed by atoms with E-state index >= 15 is 0 Å². The third-order valence-corrected chi connectivity index (χ3v) is 3.56. The Labute approximate surface area is 133 Å². The normalized spacial score (nSPS) is 11.5. The molecule has 1 amide bonds. The van der Waals surface area contributed by atoms with Crippen LogP contribution in [0, 0.1) is 5.41 Å². The number of amides is 1. The number of hydrogen-bond donors (Lipinski definition) is 3. The van der Waals surface area contributed by atoms with Crippen LogP contribution in [0.15, 0.2) is 36.5 Å². The van der Waals surface area contributed by atoms with Gasteiger partial charge in [0.2, 0.25) is 0 Å². The molecule has 0 radical (unpaired) electrons. The maximum atomic E-state index is 11.4. The number of halogens is 1. The van der Waals surface area contributed by atoms with Crippen molar-refractivity contribution in [2.75, 3.05) is 0 Å². The van der Waals surface area contributed by atoms with Gasteiger partial charge in [-0.25, -0.2) is 0 Å². The molecule has 0 saturated carbocycles. The molecule has 22 heavy (non-hydrogen) atoms. The summed E-state index contributed by atoms with van der Waals surface area (Å²) in [7, 11) is 0. The predicted molar refractivity (Wildman–Crippen MR) is 84.6 cm³/mol. The largest absolute Gasteiger partial charge is 0.386 e. The van der Waals surface area contributed by atoms with Crippen molar-refractivity contribution in [1.29, 1.82) is 5.41 Å². The summed E-state index contributed by atoms with van der Waals surface area (Å²) in [5.74, 6) is -0.688. The van der Waals surface area contributed by atoms with Crippen LogP contribution in [-0.4, -0.2) is 15.6 Å². The second-order valence-electron chi connectivity index (χ2n) is 5.67. The Morgan fingerprint density at radius 3 is 2.68 bits per heavy atom. The summed E-state index contributed by atoms with van der Waals surface area (Å²) in [6, 6.07) is 8.80. The van der Waals surface area contributed by atoms with E-state index in [0.29, 0.717) is 11.6 Å². The highest BCUT2D eigenvalue weighted by molar-refractivity contribution is 6.30. The second-order valence-corrected chi connectivity index (χ2v) is 6.11. The maximum absolute atomic E-state index is 11.4. The minimum absolute atomic E-state index is 0.00515. The van der Waals surface area contributed by atoms with E-state index in [-0.39, 0.29) is 11.1 Å². The number of aromatic nitrogens is 1. The molecule has 0 saturated heterocycles. The van der Waals surface area contributed by atoms with Gasteiger partial charge in [-0.05, 0) is 31.0 Å². The summed E-state index contributed by atoms with van der Waals surface area (Å²) in [6.07, 6.45) is 1.58. The van der Waals surface area contributed by atoms with Gasteiger partial charge in [-0.3, -0.25) is 10.2 Å². The molecule has 2 aromatic rings. The number of nitrogens with two attached hydrogens (primary N) is 1. The molecule has 116 valence electrons. The molecule has 0 aliphatic rings. The van der Waals surface area contributed by atoms with Gasteiger partial charge in [0.15, 0.2) is 0 Å². The van der Waals surface area contributed by atoms with Crippen molar-refractivity contribution in [1.82, 2.24) is 4.57 Å². The van der Waals surface area contributed by atoms with Crippen LogP contribution in [-0.2, 0) is 12.1 Å². The lowest BCUT2D eigenvalue weighted by Gasteiger charge is -2.19. The number of carbonyl (C=O) groups excluding carboxylic acids is 1. The van der Waals surface area contributed by atoms with Gasteiger partial charge in [-0.2, -0.15) is 0 Å². The van der Waals surface area contributed by atoms with Gasteiger partial charge in [-0.15, -0.1) is 0 Å². The predicted octanol–water partition coefficient (Wildman–Crippen LogP) is 2.00. The molecule has 4 N–H and O–H groups in total. The Kier molecular flexibility index (Phi) is 4.39. The molecule has 0 atom stereocenters. The summed E-state index contributed by atoms with van der Waals surface area (Å²) < 4.78 is 1.55. The van der Waals surface area contributed by atoms with Crippen molar-refractivity contribution in [3.63, 3.8) is 0 Å². The van der Waals surface area contributed by atoms with Crippen LogP contribution in [0.2, 0.25) is 5.02 Å². The van der Waals surface area contributed by atoms with Crippen LogP contribution >= 0.6 is 11.6 Å². The molecular formula is C16H18ClN3O2.